The third kappa shape index (κ3) is 2.13. The van der Waals surface area contributed by atoms with E-state index in [0.717, 1.165) is 5.56 Å². The van der Waals surface area contributed by atoms with E-state index in [9.17, 15) is 5.11 Å². The number of rotatable bonds is 3. The Morgan fingerprint density at radius 2 is 2.00 bits per heavy atom. The molecule has 96 valence electrons. The minimum Gasteiger partial charge on any atom is -0.395 e. The Labute approximate surface area is 109 Å². The Bertz CT molecular complexity index is 695. The highest BCUT2D eigenvalue weighted by molar-refractivity contribution is 5.70. The predicted octanol–water partition coefficient (Wildman–Crippen LogP) is 1.06. The van der Waals surface area contributed by atoms with Gasteiger partial charge in [-0.1, -0.05) is 30.3 Å². The maximum absolute atomic E-state index is 9.59. The third-order valence-electron chi connectivity index (χ3n) is 2.99. The molecule has 3 aromatic rings. The molecular formula is C13H13N5O. The summed E-state index contributed by atoms with van der Waals surface area (Å²) in [5.41, 5.74) is 7.74. The van der Waals surface area contributed by atoms with Crippen molar-refractivity contribution in [1.29, 1.82) is 0 Å². The fourth-order valence-corrected chi connectivity index (χ4v) is 2.04. The molecule has 19 heavy (non-hydrogen) atoms. The number of aliphatic hydroxyl groups is 1. The molecule has 6 nitrogen and oxygen atoms in total. The summed E-state index contributed by atoms with van der Waals surface area (Å²) in [6.07, 6.45) is 1.59. The lowest BCUT2D eigenvalue weighted by atomic mass is 10.00. The number of nitrogens with one attached hydrogen (secondary N) is 1. The third-order valence-corrected chi connectivity index (χ3v) is 2.99. The largest absolute Gasteiger partial charge is 0.395 e. The zero-order valence-electron chi connectivity index (χ0n) is 10.1. The van der Waals surface area contributed by atoms with Crippen LogP contribution in [0.25, 0.3) is 11.2 Å². The summed E-state index contributed by atoms with van der Waals surface area (Å²) in [5, 5.41) is 9.59. The maximum atomic E-state index is 9.59. The minimum absolute atomic E-state index is 0.0350. The Kier molecular flexibility index (Phi) is 2.85. The fraction of sp³-hybridized carbons (Fsp3) is 0.154. The monoisotopic (exact) mass is 255 g/mol. The van der Waals surface area contributed by atoms with Gasteiger partial charge in [-0.3, -0.25) is 0 Å². The zero-order chi connectivity index (χ0) is 13.2. The van der Waals surface area contributed by atoms with E-state index in [1.54, 1.807) is 6.20 Å². The Hall–Kier alpha value is -2.47. The first-order valence-electron chi connectivity index (χ1n) is 5.92. The van der Waals surface area contributed by atoms with Crippen LogP contribution in [0.15, 0.2) is 36.5 Å². The van der Waals surface area contributed by atoms with E-state index in [0.29, 0.717) is 17.0 Å². The lowest BCUT2D eigenvalue weighted by Crippen LogP contribution is -2.07. The molecule has 0 saturated carbocycles. The van der Waals surface area contributed by atoms with Crippen molar-refractivity contribution in [3.05, 3.63) is 47.9 Å². The van der Waals surface area contributed by atoms with Crippen molar-refractivity contribution in [2.24, 2.45) is 0 Å². The van der Waals surface area contributed by atoms with Crippen LogP contribution >= 0.6 is 0 Å². The summed E-state index contributed by atoms with van der Waals surface area (Å²) in [6.45, 7) is -0.0350. The van der Waals surface area contributed by atoms with Crippen molar-refractivity contribution in [1.82, 2.24) is 19.9 Å². The number of nitrogens with zero attached hydrogens (tertiary/aromatic N) is 3. The van der Waals surface area contributed by atoms with Gasteiger partial charge in [-0.15, -0.1) is 0 Å². The van der Waals surface area contributed by atoms with Gasteiger partial charge in [-0.25, -0.2) is 9.97 Å². The topological polar surface area (TPSA) is 101 Å². The summed E-state index contributed by atoms with van der Waals surface area (Å²) < 4.78 is 0. The van der Waals surface area contributed by atoms with E-state index in [2.05, 4.69) is 19.9 Å². The van der Waals surface area contributed by atoms with Crippen LogP contribution in [-0.4, -0.2) is 31.6 Å². The molecule has 2 aromatic heterocycles. The summed E-state index contributed by atoms with van der Waals surface area (Å²) in [6, 6.07) is 9.70. The van der Waals surface area contributed by atoms with Crippen LogP contribution in [0.3, 0.4) is 0 Å². The molecule has 0 radical (unpaired) electrons. The van der Waals surface area contributed by atoms with Crippen LogP contribution in [0.4, 0.5) is 5.95 Å². The van der Waals surface area contributed by atoms with Gasteiger partial charge in [0, 0.05) is 0 Å². The first-order valence-corrected chi connectivity index (χ1v) is 5.92. The van der Waals surface area contributed by atoms with E-state index in [-0.39, 0.29) is 18.5 Å². The van der Waals surface area contributed by atoms with Gasteiger partial charge in [0.1, 0.15) is 11.3 Å². The number of nitrogen functional groups attached to an aromatic ring is 1. The number of fused-ring (bicyclic) bond motifs is 1. The standard InChI is InChI=1S/C13H13N5O/c14-13-15-6-10-12(18-13)17-11(16-10)9(7-19)8-4-2-1-3-5-8/h1-6,9,19H,7H2,(H3,14,15,16,17,18). The molecule has 0 bridgehead atoms. The molecule has 0 aliphatic rings. The van der Waals surface area contributed by atoms with Gasteiger partial charge in [0.25, 0.3) is 0 Å². The van der Waals surface area contributed by atoms with Crippen molar-refractivity contribution in [3.63, 3.8) is 0 Å². The number of benzene rings is 1. The van der Waals surface area contributed by atoms with Gasteiger partial charge in [0.05, 0.1) is 18.7 Å². The van der Waals surface area contributed by atoms with Crippen LogP contribution in [0.1, 0.15) is 17.3 Å². The van der Waals surface area contributed by atoms with Crippen molar-refractivity contribution in [3.8, 4) is 0 Å². The highest BCUT2D eigenvalue weighted by atomic mass is 16.3. The number of aromatic amines is 1. The molecule has 0 saturated heterocycles. The van der Waals surface area contributed by atoms with Crippen molar-refractivity contribution >= 4 is 17.1 Å². The summed E-state index contributed by atoms with van der Waals surface area (Å²) in [7, 11) is 0. The molecule has 0 aliphatic carbocycles. The van der Waals surface area contributed by atoms with Crippen LogP contribution in [0, 0.1) is 0 Å². The number of aromatic nitrogens is 4. The maximum Gasteiger partial charge on any atom is 0.222 e. The number of anilines is 1. The fourth-order valence-electron chi connectivity index (χ4n) is 2.04. The molecular weight excluding hydrogens is 242 g/mol. The quantitative estimate of drug-likeness (QED) is 0.649. The van der Waals surface area contributed by atoms with Crippen molar-refractivity contribution < 1.29 is 5.11 Å². The second-order valence-corrected chi connectivity index (χ2v) is 4.23. The predicted molar refractivity (Wildman–Crippen MR) is 71.5 cm³/mol. The highest BCUT2D eigenvalue weighted by Crippen LogP contribution is 2.23. The molecule has 0 fully saturated rings. The van der Waals surface area contributed by atoms with Gasteiger partial charge in [0.15, 0.2) is 5.65 Å². The molecule has 1 aromatic carbocycles. The summed E-state index contributed by atoms with van der Waals surface area (Å²) in [5.74, 6) is 0.631. The molecule has 0 spiro atoms. The SMILES string of the molecule is Nc1ncc2[nH]c(C(CO)c3ccccc3)nc2n1. The average Bonchev–Trinajstić information content (AvgIpc) is 2.83. The first kappa shape index (κ1) is 11.6. The van der Waals surface area contributed by atoms with Crippen molar-refractivity contribution in [2.75, 3.05) is 12.3 Å². The smallest absolute Gasteiger partial charge is 0.222 e. The Balaban J connectivity index is 2.07. The first-order chi connectivity index (χ1) is 9.28. The van der Waals surface area contributed by atoms with E-state index in [1.165, 1.54) is 0 Å². The molecule has 4 N–H and O–H groups in total. The minimum atomic E-state index is -0.211. The van der Waals surface area contributed by atoms with Crippen molar-refractivity contribution in [2.45, 2.75) is 5.92 Å². The number of imidazole rings is 1. The van der Waals surface area contributed by atoms with Gasteiger partial charge in [-0.05, 0) is 5.56 Å². The average molecular weight is 255 g/mol. The van der Waals surface area contributed by atoms with Crippen LogP contribution in [-0.2, 0) is 0 Å². The second-order valence-electron chi connectivity index (χ2n) is 4.23. The van der Waals surface area contributed by atoms with Gasteiger partial charge >= 0.3 is 0 Å². The van der Waals surface area contributed by atoms with Crippen LogP contribution < -0.4 is 5.73 Å². The van der Waals surface area contributed by atoms with E-state index >= 15 is 0 Å². The van der Waals surface area contributed by atoms with Gasteiger partial charge in [0.2, 0.25) is 5.95 Å². The number of nitrogens with two attached hydrogens (primary N) is 1. The van der Waals surface area contributed by atoms with E-state index in [1.807, 2.05) is 30.3 Å². The lowest BCUT2D eigenvalue weighted by Gasteiger charge is -2.11. The summed E-state index contributed by atoms with van der Waals surface area (Å²) >= 11 is 0. The van der Waals surface area contributed by atoms with Gasteiger partial charge in [-0.2, -0.15) is 4.98 Å². The normalized spacial score (nSPS) is 12.7. The number of hydrogen-bond donors (Lipinski definition) is 3. The zero-order valence-corrected chi connectivity index (χ0v) is 10.1. The molecule has 3 rings (SSSR count). The Morgan fingerprint density at radius 1 is 1.21 bits per heavy atom. The molecule has 1 unspecified atom stereocenters. The van der Waals surface area contributed by atoms with Gasteiger partial charge < -0.3 is 15.8 Å². The second kappa shape index (κ2) is 4.66. The summed E-state index contributed by atoms with van der Waals surface area (Å²) in [4.78, 5) is 15.5. The lowest BCUT2D eigenvalue weighted by molar-refractivity contribution is 0.277. The van der Waals surface area contributed by atoms with Crippen LogP contribution in [0.5, 0.6) is 0 Å². The number of H-pyrrole nitrogens is 1. The van der Waals surface area contributed by atoms with E-state index in [4.69, 9.17) is 5.73 Å². The molecule has 6 heteroatoms. The Morgan fingerprint density at radius 3 is 2.74 bits per heavy atom. The number of hydrogen-bond acceptors (Lipinski definition) is 5. The van der Waals surface area contributed by atoms with E-state index < -0.39 is 0 Å². The van der Waals surface area contributed by atoms with Crippen LogP contribution in [0.2, 0.25) is 0 Å². The molecule has 2 heterocycles. The molecule has 0 amide bonds. The highest BCUT2D eigenvalue weighted by Gasteiger charge is 2.17. The molecule has 0 aliphatic heterocycles. The number of aliphatic hydroxyl groups excluding tert-OH is 1. The molecule has 1 atom stereocenters.